The molecule has 4 aliphatic heterocycles. The van der Waals surface area contributed by atoms with Crippen molar-refractivity contribution in [2.45, 2.75) is 48.3 Å². The number of thioether (sulfide) groups is 1. The van der Waals surface area contributed by atoms with Crippen LogP contribution >= 0.6 is 11.8 Å². The zero-order valence-electron chi connectivity index (χ0n) is 20.5. The molecule has 2 fully saturated rings. The smallest absolute Gasteiger partial charge is 0.311 e. The van der Waals surface area contributed by atoms with E-state index in [1.54, 1.807) is 29.0 Å². The summed E-state index contributed by atoms with van der Waals surface area (Å²) in [7, 11) is 1.59. The van der Waals surface area contributed by atoms with Crippen LogP contribution in [0.25, 0.3) is 0 Å². The minimum atomic E-state index is -0.935. The van der Waals surface area contributed by atoms with Gasteiger partial charge in [-0.2, -0.15) is 0 Å². The second kappa shape index (κ2) is 9.94. The number of hydrogen-bond donors (Lipinski definition) is 1. The number of benzene rings is 1. The summed E-state index contributed by atoms with van der Waals surface area (Å²) < 4.78 is 9.92. The molecule has 8 nitrogen and oxygen atoms in total. The third-order valence-electron chi connectivity index (χ3n) is 7.75. The number of likely N-dealkylation sites (tertiary alicyclic amines) is 1. The predicted octanol–water partition coefficient (Wildman–Crippen LogP) is 2.56. The molecule has 1 spiro atoms. The van der Waals surface area contributed by atoms with Crippen molar-refractivity contribution in [2.75, 3.05) is 31.8 Å². The summed E-state index contributed by atoms with van der Waals surface area (Å²) in [5, 5.41) is 9.93. The first kappa shape index (κ1) is 24.9. The average Bonchev–Trinajstić information content (AvgIpc) is 3.30. The predicted molar refractivity (Wildman–Crippen MR) is 137 cm³/mol. The van der Waals surface area contributed by atoms with Gasteiger partial charge in [0.25, 0.3) is 5.91 Å². The second-order valence-corrected chi connectivity index (χ2v) is 11.1. The zero-order chi connectivity index (χ0) is 25.4. The van der Waals surface area contributed by atoms with Gasteiger partial charge >= 0.3 is 5.97 Å². The van der Waals surface area contributed by atoms with E-state index in [0.717, 1.165) is 12.8 Å². The van der Waals surface area contributed by atoms with Gasteiger partial charge in [-0.1, -0.05) is 31.2 Å². The molecule has 4 aliphatic rings. The monoisotopic (exact) mass is 512 g/mol. The lowest BCUT2D eigenvalue weighted by Gasteiger charge is -2.38. The molecule has 192 valence electrons. The summed E-state index contributed by atoms with van der Waals surface area (Å²) in [6, 6.07) is 5.86. The highest BCUT2D eigenvalue weighted by Gasteiger charge is 2.71. The molecular formula is C27H32N2O6S. The maximum atomic E-state index is 14.3. The van der Waals surface area contributed by atoms with E-state index in [-0.39, 0.29) is 29.6 Å². The number of amides is 2. The van der Waals surface area contributed by atoms with Crippen LogP contribution in [0.15, 0.2) is 48.6 Å². The number of esters is 1. The van der Waals surface area contributed by atoms with Crippen LogP contribution in [0.1, 0.15) is 26.2 Å². The van der Waals surface area contributed by atoms with Crippen LogP contribution in [0.5, 0.6) is 5.75 Å². The van der Waals surface area contributed by atoms with E-state index in [4.69, 9.17) is 9.47 Å². The van der Waals surface area contributed by atoms with Crippen molar-refractivity contribution < 1.29 is 29.0 Å². The van der Waals surface area contributed by atoms with Crippen LogP contribution < -0.4 is 9.64 Å². The molecule has 6 atom stereocenters. The van der Waals surface area contributed by atoms with E-state index >= 15 is 0 Å². The summed E-state index contributed by atoms with van der Waals surface area (Å²) in [6.07, 6.45) is 9.98. The molecule has 2 amide bonds. The van der Waals surface area contributed by atoms with Crippen molar-refractivity contribution in [1.82, 2.24) is 4.90 Å². The number of methoxy groups -OCH3 is 1. The van der Waals surface area contributed by atoms with Crippen molar-refractivity contribution >= 4 is 35.2 Å². The van der Waals surface area contributed by atoms with Gasteiger partial charge in [0.05, 0.1) is 42.9 Å². The first-order chi connectivity index (χ1) is 17.5. The van der Waals surface area contributed by atoms with Gasteiger partial charge in [-0.05, 0) is 43.5 Å². The minimum absolute atomic E-state index is 0.218. The number of aliphatic hydroxyl groups excluding tert-OH is 1. The topological polar surface area (TPSA) is 96.4 Å². The number of nitrogens with zero attached hydrogens (tertiary/aromatic N) is 2. The number of ether oxygens (including phenoxy) is 2. The number of allylic oxidation sites excluding steroid dienone is 1. The van der Waals surface area contributed by atoms with Gasteiger partial charge in [-0.15, -0.1) is 11.8 Å². The Bertz CT molecular complexity index is 1080. The fourth-order valence-electron chi connectivity index (χ4n) is 5.99. The maximum absolute atomic E-state index is 14.3. The maximum Gasteiger partial charge on any atom is 0.311 e. The number of hydrogen-bond acceptors (Lipinski definition) is 7. The third-order valence-corrected chi connectivity index (χ3v) is 9.49. The lowest BCUT2D eigenvalue weighted by molar-refractivity contribution is -0.153. The van der Waals surface area contributed by atoms with Gasteiger partial charge in [0.15, 0.2) is 0 Å². The Morgan fingerprint density at radius 3 is 2.67 bits per heavy atom. The Kier molecular flexibility index (Phi) is 6.87. The molecule has 1 unspecified atom stereocenters. The number of carbonyl (C=O) groups excluding carboxylic acids is 3. The highest BCUT2D eigenvalue weighted by Crippen LogP contribution is 2.61. The molecule has 2 saturated heterocycles. The van der Waals surface area contributed by atoms with Gasteiger partial charge < -0.3 is 24.4 Å². The summed E-state index contributed by atoms with van der Waals surface area (Å²) in [5.41, 5.74) is 0.695. The zero-order valence-corrected chi connectivity index (χ0v) is 21.4. The fourth-order valence-corrected chi connectivity index (χ4v) is 7.98. The number of aliphatic hydroxyl groups is 1. The molecule has 0 radical (unpaired) electrons. The van der Waals surface area contributed by atoms with E-state index in [9.17, 15) is 19.5 Å². The average molecular weight is 513 g/mol. The largest absolute Gasteiger partial charge is 0.497 e. The van der Waals surface area contributed by atoms with Crippen LogP contribution in [0.2, 0.25) is 0 Å². The standard InChI is InChI=1S/C27H32N2O6S/c1-3-17(16-30)29-23-25(32)28(18-9-11-19(34-2)12-10-18)14-7-13-27(23)22(24(29)31)21-20(36-27)8-5-4-6-15-35-26(21)33/h5,7-13,17,20-23,30H,3-4,6,14-16H2,1-2H3/b8-5-/t17-,20+,21-,22-,23?,27-/m0/s1. The van der Waals surface area contributed by atoms with Crippen LogP contribution in [0.4, 0.5) is 5.69 Å². The van der Waals surface area contributed by atoms with Gasteiger partial charge in [0.1, 0.15) is 11.8 Å². The molecule has 4 heterocycles. The summed E-state index contributed by atoms with van der Waals surface area (Å²) in [4.78, 5) is 44.9. The van der Waals surface area contributed by atoms with E-state index < -0.39 is 28.7 Å². The summed E-state index contributed by atoms with van der Waals surface area (Å²) in [6.45, 7) is 2.28. The summed E-state index contributed by atoms with van der Waals surface area (Å²) in [5.74, 6) is -1.62. The van der Waals surface area contributed by atoms with Gasteiger partial charge in [0, 0.05) is 17.5 Å². The lowest BCUT2D eigenvalue weighted by Crippen LogP contribution is -2.56. The van der Waals surface area contributed by atoms with Crippen molar-refractivity contribution in [3.63, 3.8) is 0 Å². The quantitative estimate of drug-likeness (QED) is 0.479. The molecule has 1 aromatic rings. The Balaban J connectivity index is 1.62. The van der Waals surface area contributed by atoms with Gasteiger partial charge in [-0.25, -0.2) is 0 Å². The Morgan fingerprint density at radius 1 is 1.19 bits per heavy atom. The highest BCUT2D eigenvalue weighted by atomic mass is 32.2. The fraction of sp³-hybridized carbons (Fsp3) is 0.519. The minimum Gasteiger partial charge on any atom is -0.497 e. The van der Waals surface area contributed by atoms with E-state index in [2.05, 4.69) is 6.08 Å². The Labute approximate surface area is 215 Å². The molecule has 9 heteroatoms. The molecule has 0 bridgehead atoms. The molecule has 0 aromatic heterocycles. The SMILES string of the molecule is CC[C@@H](CO)N1C(=O)[C@@H]2[C@H]3C(=O)OCCC/C=C\[C@H]3S[C@@]23C=CCN(c2ccc(OC)cc2)C(=O)C13. The van der Waals surface area contributed by atoms with Gasteiger partial charge in [-0.3, -0.25) is 14.4 Å². The molecule has 1 aromatic carbocycles. The van der Waals surface area contributed by atoms with Crippen molar-refractivity contribution in [3.05, 3.63) is 48.6 Å². The Hall–Kier alpha value is -2.78. The van der Waals surface area contributed by atoms with Crippen LogP contribution in [0.3, 0.4) is 0 Å². The van der Waals surface area contributed by atoms with E-state index in [0.29, 0.717) is 31.0 Å². The number of cyclic esters (lactones) is 1. The molecule has 36 heavy (non-hydrogen) atoms. The third kappa shape index (κ3) is 3.84. The second-order valence-electron chi connectivity index (χ2n) is 9.62. The number of anilines is 1. The van der Waals surface area contributed by atoms with Crippen LogP contribution in [0, 0.1) is 11.8 Å². The first-order valence-corrected chi connectivity index (χ1v) is 13.4. The van der Waals surface area contributed by atoms with Crippen molar-refractivity contribution in [1.29, 1.82) is 0 Å². The number of carbonyl (C=O) groups is 3. The van der Waals surface area contributed by atoms with E-state index in [1.807, 2.05) is 37.3 Å². The molecular weight excluding hydrogens is 480 g/mol. The normalized spacial score (nSPS) is 33.5. The van der Waals surface area contributed by atoms with Crippen molar-refractivity contribution in [3.8, 4) is 5.75 Å². The van der Waals surface area contributed by atoms with Gasteiger partial charge in [0.2, 0.25) is 5.91 Å². The highest BCUT2D eigenvalue weighted by molar-refractivity contribution is 8.02. The van der Waals surface area contributed by atoms with Crippen molar-refractivity contribution in [2.24, 2.45) is 11.8 Å². The Morgan fingerprint density at radius 2 is 1.97 bits per heavy atom. The lowest BCUT2D eigenvalue weighted by atomic mass is 9.78. The molecule has 0 aliphatic carbocycles. The van der Waals surface area contributed by atoms with E-state index in [1.165, 1.54) is 11.8 Å². The number of fused-ring (bicyclic) bond motifs is 2. The molecule has 5 rings (SSSR count). The molecule has 1 N–H and O–H groups in total. The summed E-state index contributed by atoms with van der Waals surface area (Å²) >= 11 is 1.51. The first-order valence-electron chi connectivity index (χ1n) is 12.5. The van der Waals surface area contributed by atoms with Crippen LogP contribution in [-0.4, -0.2) is 76.7 Å². The van der Waals surface area contributed by atoms with Crippen LogP contribution in [-0.2, 0) is 19.1 Å². The molecule has 0 saturated carbocycles. The number of rotatable bonds is 5.